The number of amides is 1. The van der Waals surface area contributed by atoms with Crippen LogP contribution >= 0.6 is 0 Å². The Kier molecular flexibility index (Phi) is 6.13. The second kappa shape index (κ2) is 8.82. The van der Waals surface area contributed by atoms with Crippen molar-refractivity contribution in [3.05, 3.63) is 23.8 Å². The molecular formula is C25H34N2O6S. The van der Waals surface area contributed by atoms with Gasteiger partial charge in [-0.15, -0.1) is 0 Å². The van der Waals surface area contributed by atoms with Crippen LogP contribution in [0.3, 0.4) is 0 Å². The molecule has 4 aliphatic carbocycles. The molecule has 9 heteroatoms. The van der Waals surface area contributed by atoms with E-state index in [2.05, 4.69) is 5.32 Å². The number of rotatable bonds is 7. The smallest absolute Gasteiger partial charge is 0.338 e. The van der Waals surface area contributed by atoms with E-state index >= 15 is 0 Å². The summed E-state index contributed by atoms with van der Waals surface area (Å²) in [5.41, 5.74) is -0.0862. The Morgan fingerprint density at radius 2 is 1.65 bits per heavy atom. The van der Waals surface area contributed by atoms with Gasteiger partial charge in [-0.05, 0) is 94.2 Å². The molecule has 0 unspecified atom stereocenters. The number of carbonyl (C=O) groups excluding carboxylic acids is 2. The van der Waals surface area contributed by atoms with Gasteiger partial charge in [0.2, 0.25) is 10.0 Å². The Morgan fingerprint density at radius 3 is 2.21 bits per heavy atom. The molecule has 1 amide bonds. The van der Waals surface area contributed by atoms with Crippen molar-refractivity contribution in [1.29, 1.82) is 0 Å². The molecule has 1 heterocycles. The third kappa shape index (κ3) is 4.33. The van der Waals surface area contributed by atoms with Crippen LogP contribution < -0.4 is 10.1 Å². The fourth-order valence-electron chi connectivity index (χ4n) is 6.98. The number of esters is 1. The maximum absolute atomic E-state index is 13.1. The van der Waals surface area contributed by atoms with Crippen molar-refractivity contribution in [3.63, 3.8) is 0 Å². The van der Waals surface area contributed by atoms with E-state index in [1.807, 2.05) is 0 Å². The van der Waals surface area contributed by atoms with Gasteiger partial charge in [0.05, 0.1) is 12.7 Å². The highest BCUT2D eigenvalue weighted by atomic mass is 32.2. The van der Waals surface area contributed by atoms with E-state index in [0.29, 0.717) is 30.8 Å². The van der Waals surface area contributed by atoms with Crippen LogP contribution in [0, 0.1) is 17.8 Å². The Balaban J connectivity index is 1.28. The topological polar surface area (TPSA) is 102 Å². The number of sulfonamides is 1. The molecule has 8 nitrogen and oxygen atoms in total. The van der Waals surface area contributed by atoms with Gasteiger partial charge in [0.1, 0.15) is 10.6 Å². The van der Waals surface area contributed by atoms with E-state index in [1.54, 1.807) is 6.92 Å². The lowest BCUT2D eigenvalue weighted by Crippen LogP contribution is -2.61. The summed E-state index contributed by atoms with van der Waals surface area (Å²) in [5.74, 6) is 1.25. The van der Waals surface area contributed by atoms with Crippen LogP contribution in [0.2, 0.25) is 0 Å². The molecule has 1 aromatic carbocycles. The molecule has 5 aliphatic rings. The van der Waals surface area contributed by atoms with Crippen LogP contribution in [0.25, 0.3) is 0 Å². The van der Waals surface area contributed by atoms with E-state index in [1.165, 1.54) is 48.9 Å². The molecular weight excluding hydrogens is 456 g/mol. The first-order chi connectivity index (χ1) is 16.2. The summed E-state index contributed by atoms with van der Waals surface area (Å²) in [7, 11) is -2.40. The Morgan fingerprint density at radius 1 is 1.06 bits per heavy atom. The average molecular weight is 491 g/mol. The number of hydrogen-bond donors (Lipinski definition) is 1. The number of hydrogen-bond acceptors (Lipinski definition) is 6. The minimum absolute atomic E-state index is 0.0583. The Hall–Kier alpha value is -2.13. The lowest BCUT2D eigenvalue weighted by Gasteiger charge is -2.57. The molecule has 1 aromatic rings. The van der Waals surface area contributed by atoms with Gasteiger partial charge in [0, 0.05) is 18.6 Å². The van der Waals surface area contributed by atoms with E-state index in [0.717, 1.165) is 32.1 Å². The van der Waals surface area contributed by atoms with Gasteiger partial charge in [-0.2, -0.15) is 4.31 Å². The molecule has 186 valence electrons. The summed E-state index contributed by atoms with van der Waals surface area (Å²) < 4.78 is 38.3. The lowest BCUT2D eigenvalue weighted by atomic mass is 9.53. The number of carbonyl (C=O) groups is 2. The van der Waals surface area contributed by atoms with Crippen LogP contribution in [-0.2, 0) is 19.6 Å². The monoisotopic (exact) mass is 490 g/mol. The first-order valence-corrected chi connectivity index (χ1v) is 13.8. The maximum atomic E-state index is 13.1. The minimum Gasteiger partial charge on any atom is -0.495 e. The highest BCUT2D eigenvalue weighted by Gasteiger charge is 2.51. The van der Waals surface area contributed by atoms with Gasteiger partial charge in [-0.3, -0.25) is 4.79 Å². The zero-order valence-electron chi connectivity index (χ0n) is 19.9. The third-order valence-electron chi connectivity index (χ3n) is 8.16. The quantitative estimate of drug-likeness (QED) is 0.590. The number of methoxy groups -OCH3 is 1. The first-order valence-electron chi connectivity index (χ1n) is 12.4. The van der Waals surface area contributed by atoms with Crippen LogP contribution in [0.1, 0.15) is 68.6 Å². The van der Waals surface area contributed by atoms with Crippen molar-refractivity contribution in [1.82, 2.24) is 9.62 Å². The fraction of sp³-hybridized carbons (Fsp3) is 0.680. The zero-order valence-corrected chi connectivity index (χ0v) is 20.7. The summed E-state index contributed by atoms with van der Waals surface area (Å²) in [4.78, 5) is 25.8. The van der Waals surface area contributed by atoms with Crippen LogP contribution in [0.5, 0.6) is 5.75 Å². The van der Waals surface area contributed by atoms with Crippen molar-refractivity contribution in [2.45, 2.75) is 74.8 Å². The molecule has 5 fully saturated rings. The summed E-state index contributed by atoms with van der Waals surface area (Å²) in [6.07, 6.45) is 7.52. The zero-order chi connectivity index (χ0) is 24.1. The van der Waals surface area contributed by atoms with Crippen molar-refractivity contribution in [2.75, 3.05) is 20.2 Å². The third-order valence-corrected chi connectivity index (χ3v) is 10.1. The normalized spacial score (nSPS) is 31.3. The maximum Gasteiger partial charge on any atom is 0.338 e. The highest BCUT2D eigenvalue weighted by Crippen LogP contribution is 2.55. The van der Waals surface area contributed by atoms with E-state index in [4.69, 9.17) is 9.47 Å². The lowest BCUT2D eigenvalue weighted by molar-refractivity contribution is -0.134. The van der Waals surface area contributed by atoms with Crippen molar-refractivity contribution >= 4 is 21.9 Å². The number of nitrogens with zero attached hydrogens (tertiary/aromatic N) is 1. The standard InChI is InChI=1S/C25H34N2O6S/c1-16(23(28)26-25-13-17-9-18(14-25)11-19(10-17)15-25)33-24(29)20-5-6-21(32-2)22(12-20)34(30,31)27-7-3-4-8-27/h5-6,12,16-19H,3-4,7-11,13-15H2,1-2H3,(H,26,28)/t16-,17?,18?,19?,25?/m1/s1. The van der Waals surface area contributed by atoms with Gasteiger partial charge in [-0.25, -0.2) is 13.2 Å². The molecule has 0 aromatic heterocycles. The Bertz CT molecular complexity index is 1040. The predicted molar refractivity (Wildman–Crippen MR) is 125 cm³/mol. The van der Waals surface area contributed by atoms with Crippen molar-refractivity contribution in [3.8, 4) is 5.75 Å². The SMILES string of the molecule is COc1ccc(C(=O)O[C@H](C)C(=O)NC23CC4CC(CC(C4)C2)C3)cc1S(=O)(=O)N1CCCC1. The summed E-state index contributed by atoms with van der Waals surface area (Å²) in [6.45, 7) is 2.46. The van der Waals surface area contributed by atoms with Crippen LogP contribution in [0.4, 0.5) is 0 Å². The number of benzene rings is 1. The Labute approximate surface area is 201 Å². The van der Waals surface area contributed by atoms with Crippen molar-refractivity contribution in [2.24, 2.45) is 17.8 Å². The molecule has 0 spiro atoms. The molecule has 1 N–H and O–H groups in total. The van der Waals surface area contributed by atoms with Gasteiger partial charge < -0.3 is 14.8 Å². The average Bonchev–Trinajstić information content (AvgIpc) is 3.33. The molecule has 6 rings (SSSR count). The van der Waals surface area contributed by atoms with Crippen LogP contribution in [-0.4, -0.2) is 56.4 Å². The summed E-state index contributed by atoms with van der Waals surface area (Å²) >= 11 is 0. The fourth-order valence-corrected chi connectivity index (χ4v) is 8.68. The second-order valence-corrected chi connectivity index (χ2v) is 12.6. The summed E-state index contributed by atoms with van der Waals surface area (Å²) in [5, 5.41) is 3.23. The van der Waals surface area contributed by atoms with E-state index in [-0.39, 0.29) is 27.7 Å². The van der Waals surface area contributed by atoms with Gasteiger partial charge >= 0.3 is 5.97 Å². The molecule has 1 atom stereocenters. The molecule has 1 saturated heterocycles. The van der Waals surface area contributed by atoms with Gasteiger partial charge in [0.25, 0.3) is 5.91 Å². The molecule has 0 radical (unpaired) electrons. The largest absolute Gasteiger partial charge is 0.495 e. The highest BCUT2D eigenvalue weighted by molar-refractivity contribution is 7.89. The minimum atomic E-state index is -3.79. The van der Waals surface area contributed by atoms with E-state index < -0.39 is 22.1 Å². The van der Waals surface area contributed by atoms with Gasteiger partial charge in [-0.1, -0.05) is 0 Å². The van der Waals surface area contributed by atoms with Gasteiger partial charge in [0.15, 0.2) is 6.10 Å². The second-order valence-electron chi connectivity index (χ2n) is 10.7. The number of ether oxygens (including phenoxy) is 2. The molecule has 4 bridgehead atoms. The number of nitrogens with one attached hydrogen (secondary N) is 1. The molecule has 34 heavy (non-hydrogen) atoms. The van der Waals surface area contributed by atoms with E-state index in [9.17, 15) is 18.0 Å². The predicted octanol–water partition coefficient (Wildman–Crippen LogP) is 3.11. The molecule has 1 aliphatic heterocycles. The first kappa shape index (κ1) is 23.6. The van der Waals surface area contributed by atoms with Crippen LogP contribution in [0.15, 0.2) is 23.1 Å². The molecule has 4 saturated carbocycles. The summed E-state index contributed by atoms with van der Waals surface area (Å²) in [6, 6.07) is 4.21. The van der Waals surface area contributed by atoms with Crippen molar-refractivity contribution < 1.29 is 27.5 Å².